The minimum Gasteiger partial charge on any atom is -0.286 e. The molecule has 0 atom stereocenters. The van der Waals surface area contributed by atoms with E-state index in [0.29, 0.717) is 13.1 Å². The molecule has 3 aromatic rings. The fourth-order valence-corrected chi connectivity index (χ4v) is 3.89. The van der Waals surface area contributed by atoms with Crippen molar-refractivity contribution in [2.75, 3.05) is 11.4 Å². The smallest absolute Gasteiger partial charge is 0.231 e. The number of carbonyl (C=O) groups excluding carboxylic acids is 1. The quantitative estimate of drug-likeness (QED) is 0.709. The summed E-state index contributed by atoms with van der Waals surface area (Å²) in [6.45, 7) is 9.21. The van der Waals surface area contributed by atoms with Crippen LogP contribution in [0.3, 0.4) is 0 Å². The van der Waals surface area contributed by atoms with Gasteiger partial charge in [0.15, 0.2) is 5.13 Å². The number of rotatable bonds is 5. The van der Waals surface area contributed by atoms with Gasteiger partial charge in [0.1, 0.15) is 0 Å². The number of aromatic nitrogens is 3. The molecule has 2 aromatic heterocycles. The number of anilines is 1. The van der Waals surface area contributed by atoms with E-state index in [4.69, 9.17) is 4.98 Å². The fourth-order valence-electron chi connectivity index (χ4n) is 2.72. The van der Waals surface area contributed by atoms with Gasteiger partial charge in [-0.1, -0.05) is 31.3 Å². The largest absolute Gasteiger partial charge is 0.286 e. The zero-order chi connectivity index (χ0) is 17.3. The van der Waals surface area contributed by atoms with Gasteiger partial charge in [-0.25, -0.2) is 4.98 Å². The second-order valence-electron chi connectivity index (χ2n) is 6.34. The molecule has 5 nitrogen and oxygen atoms in total. The molecule has 0 aliphatic heterocycles. The summed E-state index contributed by atoms with van der Waals surface area (Å²) in [7, 11) is 0. The van der Waals surface area contributed by atoms with Crippen molar-refractivity contribution in [2.24, 2.45) is 5.92 Å². The molecule has 0 aliphatic rings. The average Bonchev–Trinajstić information content (AvgIpc) is 3.16. The van der Waals surface area contributed by atoms with Crippen molar-refractivity contribution in [1.82, 2.24) is 14.8 Å². The van der Waals surface area contributed by atoms with Crippen molar-refractivity contribution in [3.63, 3.8) is 0 Å². The van der Waals surface area contributed by atoms with Crippen LogP contribution in [0, 0.1) is 19.8 Å². The minimum atomic E-state index is -0.0718. The van der Waals surface area contributed by atoms with Gasteiger partial charge in [0, 0.05) is 24.9 Å². The highest BCUT2D eigenvalue weighted by atomic mass is 32.1. The molecular formula is C18H22N4OS. The second kappa shape index (κ2) is 6.73. The number of amides is 1. The molecule has 0 saturated carbocycles. The summed E-state index contributed by atoms with van der Waals surface area (Å²) in [4.78, 5) is 19.2. The Kier molecular flexibility index (Phi) is 4.66. The Morgan fingerprint density at radius 2 is 2.12 bits per heavy atom. The predicted molar refractivity (Wildman–Crippen MR) is 98.5 cm³/mol. The molecule has 6 heteroatoms. The minimum absolute atomic E-state index is 0.0718. The van der Waals surface area contributed by atoms with Crippen LogP contribution in [0.4, 0.5) is 5.13 Å². The van der Waals surface area contributed by atoms with Gasteiger partial charge < -0.3 is 0 Å². The first-order chi connectivity index (χ1) is 11.5. The van der Waals surface area contributed by atoms with Crippen molar-refractivity contribution >= 4 is 32.6 Å². The Labute approximate surface area is 145 Å². The lowest BCUT2D eigenvalue weighted by Gasteiger charge is -2.21. The third-order valence-corrected chi connectivity index (χ3v) is 4.95. The van der Waals surface area contributed by atoms with Crippen LogP contribution in [0.2, 0.25) is 0 Å². The number of fused-ring (bicyclic) bond motifs is 1. The van der Waals surface area contributed by atoms with Crippen molar-refractivity contribution in [3.05, 3.63) is 41.7 Å². The maximum atomic E-state index is 12.7. The Bertz CT molecular complexity index is 851. The lowest BCUT2D eigenvalue weighted by molar-refractivity contribution is -0.121. The van der Waals surface area contributed by atoms with Crippen molar-refractivity contribution < 1.29 is 4.79 Å². The zero-order valence-corrected chi connectivity index (χ0v) is 15.3. The number of thiazole rings is 1. The number of benzene rings is 1. The average molecular weight is 342 g/mol. The first kappa shape index (κ1) is 16.6. The molecule has 24 heavy (non-hydrogen) atoms. The molecule has 0 fully saturated rings. The maximum absolute atomic E-state index is 12.7. The lowest BCUT2D eigenvalue weighted by atomic mass is 10.1. The second-order valence-corrected chi connectivity index (χ2v) is 7.35. The maximum Gasteiger partial charge on any atom is 0.231 e. The van der Waals surface area contributed by atoms with E-state index in [1.54, 1.807) is 22.4 Å². The first-order valence-electron chi connectivity index (χ1n) is 8.12. The molecule has 2 heterocycles. The number of nitrogens with zero attached hydrogens (tertiary/aromatic N) is 4. The molecule has 1 amide bonds. The highest BCUT2D eigenvalue weighted by Crippen LogP contribution is 2.32. The summed E-state index contributed by atoms with van der Waals surface area (Å²) in [5.41, 5.74) is 3.35. The van der Waals surface area contributed by atoms with Gasteiger partial charge in [-0.3, -0.25) is 14.4 Å². The van der Waals surface area contributed by atoms with Crippen LogP contribution in [-0.4, -0.2) is 27.2 Å². The van der Waals surface area contributed by atoms with Crippen LogP contribution < -0.4 is 4.90 Å². The van der Waals surface area contributed by atoms with Gasteiger partial charge in [-0.2, -0.15) is 5.10 Å². The molecule has 3 rings (SSSR count). The van der Waals surface area contributed by atoms with Crippen LogP contribution in [0.1, 0.15) is 25.0 Å². The van der Waals surface area contributed by atoms with E-state index in [0.717, 1.165) is 20.9 Å². The molecule has 0 spiro atoms. The van der Waals surface area contributed by atoms with E-state index in [2.05, 4.69) is 31.1 Å². The van der Waals surface area contributed by atoms with Gasteiger partial charge in [0.25, 0.3) is 0 Å². The standard InChI is InChI=1S/C18H22N4OS/c1-12(2)17(23)22(9-8-21-7-5-6-19-21)18-20-16-14(4)10-13(3)11-15(16)24-18/h5-7,10-12H,8-9H2,1-4H3. The summed E-state index contributed by atoms with van der Waals surface area (Å²) in [6.07, 6.45) is 3.66. The summed E-state index contributed by atoms with van der Waals surface area (Å²) >= 11 is 1.58. The Morgan fingerprint density at radius 3 is 2.79 bits per heavy atom. The zero-order valence-electron chi connectivity index (χ0n) is 14.5. The van der Waals surface area contributed by atoms with Crippen molar-refractivity contribution in [3.8, 4) is 0 Å². The molecule has 0 unspecified atom stereocenters. The Hall–Kier alpha value is -2.21. The van der Waals surface area contributed by atoms with E-state index in [1.165, 1.54) is 5.56 Å². The molecule has 0 N–H and O–H groups in total. The topological polar surface area (TPSA) is 51.0 Å². The molecule has 0 aliphatic carbocycles. The summed E-state index contributed by atoms with van der Waals surface area (Å²) in [5, 5.41) is 4.98. The first-order valence-corrected chi connectivity index (χ1v) is 8.94. The highest BCUT2D eigenvalue weighted by Gasteiger charge is 2.22. The number of aryl methyl sites for hydroxylation is 2. The molecule has 0 bridgehead atoms. The SMILES string of the molecule is Cc1cc(C)c2nc(N(CCn3cccn3)C(=O)C(C)C)sc2c1. The van der Waals surface area contributed by atoms with E-state index < -0.39 is 0 Å². The van der Waals surface area contributed by atoms with E-state index in [1.807, 2.05) is 30.8 Å². The fraction of sp³-hybridized carbons (Fsp3) is 0.389. The lowest BCUT2D eigenvalue weighted by Crippen LogP contribution is -2.36. The molecule has 0 radical (unpaired) electrons. The van der Waals surface area contributed by atoms with Crippen LogP contribution in [0.15, 0.2) is 30.6 Å². The Balaban J connectivity index is 1.95. The van der Waals surface area contributed by atoms with Crippen molar-refractivity contribution in [1.29, 1.82) is 0 Å². The number of hydrogen-bond donors (Lipinski definition) is 0. The van der Waals surface area contributed by atoms with E-state index in [-0.39, 0.29) is 11.8 Å². The summed E-state index contributed by atoms with van der Waals surface area (Å²) in [6, 6.07) is 6.15. The monoisotopic (exact) mass is 342 g/mol. The van der Waals surface area contributed by atoms with Crippen LogP contribution >= 0.6 is 11.3 Å². The van der Waals surface area contributed by atoms with Gasteiger partial charge in [0.05, 0.1) is 16.8 Å². The van der Waals surface area contributed by atoms with Gasteiger partial charge in [-0.05, 0) is 37.1 Å². The third-order valence-electron chi connectivity index (χ3n) is 3.92. The normalized spacial score (nSPS) is 11.4. The molecule has 0 saturated heterocycles. The molecule has 126 valence electrons. The van der Waals surface area contributed by atoms with Gasteiger partial charge in [-0.15, -0.1) is 0 Å². The van der Waals surface area contributed by atoms with E-state index in [9.17, 15) is 4.79 Å². The third kappa shape index (κ3) is 3.33. The highest BCUT2D eigenvalue weighted by molar-refractivity contribution is 7.22. The predicted octanol–water partition coefficient (Wildman–Crippen LogP) is 3.80. The Morgan fingerprint density at radius 1 is 1.33 bits per heavy atom. The van der Waals surface area contributed by atoms with Crippen LogP contribution in [0.25, 0.3) is 10.2 Å². The molecule has 1 aromatic carbocycles. The van der Waals surface area contributed by atoms with Gasteiger partial charge in [0.2, 0.25) is 5.91 Å². The van der Waals surface area contributed by atoms with Crippen molar-refractivity contribution in [2.45, 2.75) is 34.2 Å². The summed E-state index contributed by atoms with van der Waals surface area (Å²) in [5.74, 6) is 0.0213. The van der Waals surface area contributed by atoms with Gasteiger partial charge >= 0.3 is 0 Å². The summed E-state index contributed by atoms with van der Waals surface area (Å²) < 4.78 is 2.96. The van der Waals surface area contributed by atoms with E-state index >= 15 is 0 Å². The number of carbonyl (C=O) groups is 1. The van der Waals surface area contributed by atoms with Crippen LogP contribution in [-0.2, 0) is 11.3 Å². The van der Waals surface area contributed by atoms with Crippen LogP contribution in [0.5, 0.6) is 0 Å². The number of hydrogen-bond acceptors (Lipinski definition) is 4. The molecular weight excluding hydrogens is 320 g/mol.